The van der Waals surface area contributed by atoms with Gasteiger partial charge in [-0.25, -0.2) is 0 Å². The van der Waals surface area contributed by atoms with Crippen LogP contribution in [0.25, 0.3) is 11.1 Å². The molecule has 4 aromatic rings. The predicted molar refractivity (Wildman–Crippen MR) is 130 cm³/mol. The van der Waals surface area contributed by atoms with Crippen molar-refractivity contribution in [1.82, 2.24) is 0 Å². The van der Waals surface area contributed by atoms with Crippen molar-refractivity contribution < 1.29 is 32.4 Å². The fourth-order valence-corrected chi connectivity index (χ4v) is 4.44. The Hall–Kier alpha value is -4.27. The van der Waals surface area contributed by atoms with Crippen molar-refractivity contribution in [3.05, 3.63) is 113 Å². The predicted octanol–water partition coefficient (Wildman–Crippen LogP) is 4.78. The van der Waals surface area contributed by atoms with Gasteiger partial charge in [-0.05, 0) is 11.6 Å². The Labute approximate surface area is 202 Å². The quantitative estimate of drug-likeness (QED) is 0.284. The highest BCUT2D eigenvalue weighted by Crippen LogP contribution is 2.45. The minimum Gasteiger partial charge on any atom is -0.506 e. The number of phenols is 1. The third-order valence-electron chi connectivity index (χ3n) is 5.45. The summed E-state index contributed by atoms with van der Waals surface area (Å²) in [6.07, 6.45) is 0. The average molecular weight is 489 g/mol. The van der Waals surface area contributed by atoms with Crippen LogP contribution in [0, 0.1) is 0 Å². The van der Waals surface area contributed by atoms with Gasteiger partial charge in [0.25, 0.3) is 10.1 Å². The third kappa shape index (κ3) is 4.70. The van der Waals surface area contributed by atoms with E-state index < -0.39 is 26.5 Å². The molecule has 0 aliphatic rings. The van der Waals surface area contributed by atoms with Crippen LogP contribution in [0.4, 0.5) is 0 Å². The average Bonchev–Trinajstić information content (AvgIpc) is 2.88. The highest BCUT2D eigenvalue weighted by molar-refractivity contribution is 7.86. The number of methoxy groups -OCH3 is 1. The Balaban J connectivity index is 1.89. The number of carbonyl (C=O) groups excluding carboxylic acids is 2. The fraction of sp³-hybridized carbons (Fsp3) is 0.0370. The molecule has 7 nitrogen and oxygen atoms in total. The molecular weight excluding hydrogens is 468 g/mol. The van der Waals surface area contributed by atoms with Crippen LogP contribution in [0.2, 0.25) is 0 Å². The van der Waals surface area contributed by atoms with Crippen molar-refractivity contribution >= 4 is 21.7 Å². The first-order chi connectivity index (χ1) is 16.7. The van der Waals surface area contributed by atoms with Crippen molar-refractivity contribution in [1.29, 1.82) is 0 Å². The van der Waals surface area contributed by atoms with Crippen LogP contribution in [-0.4, -0.2) is 36.8 Å². The van der Waals surface area contributed by atoms with E-state index in [0.717, 1.165) is 6.07 Å². The van der Waals surface area contributed by atoms with Crippen molar-refractivity contribution in [3.8, 4) is 22.6 Å². The van der Waals surface area contributed by atoms with Crippen LogP contribution in [0.15, 0.2) is 95.9 Å². The molecular formula is C27H20O7S. The van der Waals surface area contributed by atoms with Gasteiger partial charge in [0.05, 0.1) is 18.2 Å². The summed E-state index contributed by atoms with van der Waals surface area (Å²) >= 11 is 0. The second-order valence-electron chi connectivity index (χ2n) is 7.62. The first-order valence-corrected chi connectivity index (χ1v) is 11.9. The van der Waals surface area contributed by atoms with Crippen molar-refractivity contribution in [2.24, 2.45) is 0 Å². The van der Waals surface area contributed by atoms with Crippen molar-refractivity contribution in [3.63, 3.8) is 0 Å². The van der Waals surface area contributed by atoms with Crippen LogP contribution in [-0.2, 0) is 10.1 Å². The van der Waals surface area contributed by atoms with Gasteiger partial charge < -0.3 is 9.84 Å². The van der Waals surface area contributed by atoms with E-state index in [1.807, 2.05) is 0 Å². The second kappa shape index (κ2) is 9.54. The maximum atomic E-state index is 13.1. The fourth-order valence-electron chi connectivity index (χ4n) is 3.76. The molecule has 0 aliphatic carbocycles. The number of carbonyl (C=O) groups is 2. The third-order valence-corrected chi connectivity index (χ3v) is 6.31. The van der Waals surface area contributed by atoms with Crippen LogP contribution in [0.5, 0.6) is 11.5 Å². The van der Waals surface area contributed by atoms with E-state index in [-0.39, 0.29) is 33.8 Å². The zero-order valence-corrected chi connectivity index (χ0v) is 19.3. The maximum Gasteiger partial charge on any atom is 0.298 e. The molecule has 176 valence electrons. The van der Waals surface area contributed by atoms with Gasteiger partial charge in [-0.15, -0.1) is 0 Å². The van der Waals surface area contributed by atoms with E-state index in [4.69, 9.17) is 4.74 Å². The highest BCUT2D eigenvalue weighted by Gasteiger charge is 2.29. The zero-order valence-electron chi connectivity index (χ0n) is 18.5. The molecule has 0 atom stereocenters. The van der Waals surface area contributed by atoms with Crippen molar-refractivity contribution in [2.45, 2.75) is 4.90 Å². The molecule has 0 fully saturated rings. The van der Waals surface area contributed by atoms with E-state index in [1.54, 1.807) is 48.5 Å². The van der Waals surface area contributed by atoms with Crippen LogP contribution >= 0.6 is 0 Å². The molecule has 0 bridgehead atoms. The zero-order chi connectivity index (χ0) is 25.2. The molecule has 0 aliphatic heterocycles. The molecule has 0 saturated heterocycles. The molecule has 0 amide bonds. The normalized spacial score (nSPS) is 11.1. The van der Waals surface area contributed by atoms with E-state index in [9.17, 15) is 27.7 Å². The lowest BCUT2D eigenvalue weighted by molar-refractivity contribution is 0.102. The Bertz CT molecular complexity index is 1510. The Morgan fingerprint density at radius 1 is 0.743 bits per heavy atom. The molecule has 35 heavy (non-hydrogen) atoms. The van der Waals surface area contributed by atoms with Crippen LogP contribution in [0.3, 0.4) is 0 Å². The first kappa shape index (κ1) is 23.9. The van der Waals surface area contributed by atoms with Gasteiger partial charge in [0.2, 0.25) is 0 Å². The lowest BCUT2D eigenvalue weighted by Gasteiger charge is -2.17. The molecule has 0 spiro atoms. The highest BCUT2D eigenvalue weighted by atomic mass is 32.2. The molecule has 0 radical (unpaired) electrons. The van der Waals surface area contributed by atoms with Crippen LogP contribution in [0.1, 0.15) is 31.8 Å². The smallest absolute Gasteiger partial charge is 0.298 e. The number of benzene rings is 4. The number of aromatic hydroxyl groups is 1. The topological polar surface area (TPSA) is 118 Å². The Kier molecular flexibility index (Phi) is 6.50. The van der Waals surface area contributed by atoms with E-state index >= 15 is 0 Å². The maximum absolute atomic E-state index is 13.1. The number of rotatable bonds is 7. The van der Waals surface area contributed by atoms with Gasteiger partial charge in [-0.2, -0.15) is 8.42 Å². The largest absolute Gasteiger partial charge is 0.506 e. The minimum atomic E-state index is -4.83. The molecule has 8 heteroatoms. The summed E-state index contributed by atoms with van der Waals surface area (Å²) in [4.78, 5) is 25.2. The summed E-state index contributed by atoms with van der Waals surface area (Å²) in [5, 5.41) is 11.1. The van der Waals surface area contributed by atoms with Gasteiger partial charge in [0.1, 0.15) is 10.6 Å². The number of hydrogen-bond donors (Lipinski definition) is 2. The number of ether oxygens (including phenoxy) is 1. The van der Waals surface area contributed by atoms with Crippen LogP contribution < -0.4 is 4.74 Å². The molecule has 0 unspecified atom stereocenters. The molecule has 0 aromatic heterocycles. The summed E-state index contributed by atoms with van der Waals surface area (Å²) < 4.78 is 39.4. The number of ketones is 2. The molecule has 2 N–H and O–H groups in total. The SMILES string of the molecule is COc1c(S(=O)(=O)O)cc(C(=O)c2ccccc2)c(O)c1-c1ccc(C(=O)c2ccccc2)cc1. The van der Waals surface area contributed by atoms with Gasteiger partial charge >= 0.3 is 0 Å². The summed E-state index contributed by atoms with van der Waals surface area (Å²) in [5.41, 5.74) is 0.903. The summed E-state index contributed by atoms with van der Waals surface area (Å²) in [6.45, 7) is 0. The molecule has 4 aromatic carbocycles. The molecule has 0 heterocycles. The van der Waals surface area contributed by atoms with Gasteiger partial charge in [0, 0.05) is 16.7 Å². The summed E-state index contributed by atoms with van der Waals surface area (Å²) in [7, 11) is -3.65. The van der Waals surface area contributed by atoms with Crippen molar-refractivity contribution in [2.75, 3.05) is 7.11 Å². The molecule has 4 rings (SSSR count). The Morgan fingerprint density at radius 2 is 1.23 bits per heavy atom. The van der Waals surface area contributed by atoms with E-state index in [1.165, 1.54) is 43.5 Å². The Morgan fingerprint density at radius 3 is 1.71 bits per heavy atom. The lowest BCUT2D eigenvalue weighted by atomic mass is 9.94. The molecule has 0 saturated carbocycles. The lowest BCUT2D eigenvalue weighted by Crippen LogP contribution is -2.09. The van der Waals surface area contributed by atoms with Gasteiger partial charge in [-0.1, -0.05) is 84.9 Å². The first-order valence-electron chi connectivity index (χ1n) is 10.4. The van der Waals surface area contributed by atoms with E-state index in [2.05, 4.69) is 0 Å². The van der Waals surface area contributed by atoms with Gasteiger partial charge in [-0.3, -0.25) is 14.1 Å². The summed E-state index contributed by atoms with van der Waals surface area (Å²) in [5.74, 6) is -1.73. The number of hydrogen-bond acceptors (Lipinski definition) is 6. The number of phenolic OH excluding ortho intramolecular Hbond substituents is 1. The minimum absolute atomic E-state index is 0.111. The monoisotopic (exact) mass is 488 g/mol. The van der Waals surface area contributed by atoms with Gasteiger partial charge in [0.15, 0.2) is 17.3 Å². The summed E-state index contributed by atoms with van der Waals surface area (Å²) in [6, 6.07) is 23.6. The second-order valence-corrected chi connectivity index (χ2v) is 9.01. The van der Waals surface area contributed by atoms with E-state index in [0.29, 0.717) is 11.1 Å². The standard InChI is InChI=1S/C27H20O7S/c1-34-27-22(35(31,32)33)16-21(25(29)19-10-6-3-7-11-19)26(30)23(27)17-12-14-20(15-13-17)24(28)18-8-4-2-5-9-18/h2-16,30H,1H3,(H,31,32,33).